The quantitative estimate of drug-likeness (QED) is 0.221. The number of carbonyl (C=O) groups is 1. The van der Waals surface area contributed by atoms with E-state index in [0.29, 0.717) is 6.54 Å². The number of aliphatic imine (C=N–C) groups is 1. The van der Waals surface area contributed by atoms with E-state index in [1.807, 2.05) is 0 Å². The molecule has 1 saturated heterocycles. The van der Waals surface area contributed by atoms with Crippen LogP contribution in [0.2, 0.25) is 0 Å². The molecule has 5 atom stereocenters. The number of carbonyl (C=O) groups excluding carboxylic acids is 1. The average molecular weight is 551 g/mol. The zero-order chi connectivity index (χ0) is 27.0. The lowest BCUT2D eigenvalue weighted by Crippen LogP contribution is -2.62. The second-order valence-corrected chi connectivity index (χ2v) is 12.7. The van der Waals surface area contributed by atoms with Gasteiger partial charge in [0.2, 0.25) is 5.91 Å². The number of hydrogen-bond donors (Lipinski definition) is 5. The van der Waals surface area contributed by atoms with Crippen molar-refractivity contribution >= 4 is 23.2 Å². The molecule has 0 bridgehead atoms. The van der Waals surface area contributed by atoms with Crippen LogP contribution in [0.1, 0.15) is 90.4 Å². The van der Waals surface area contributed by atoms with Crippen molar-refractivity contribution in [3.8, 4) is 0 Å². The topological polar surface area (TPSA) is 127 Å². The summed E-state index contributed by atoms with van der Waals surface area (Å²) >= 11 is 6.69. The van der Waals surface area contributed by atoms with Crippen LogP contribution in [0.25, 0.3) is 0 Å². The maximum atomic E-state index is 14.1. The Morgan fingerprint density at radius 3 is 2.79 bits per heavy atom. The van der Waals surface area contributed by atoms with Gasteiger partial charge in [-0.2, -0.15) is 0 Å². The Morgan fingerprint density at radius 1 is 1.26 bits per heavy atom. The summed E-state index contributed by atoms with van der Waals surface area (Å²) in [6, 6.07) is -0.385. The van der Waals surface area contributed by atoms with E-state index in [1.165, 1.54) is 32.1 Å². The fraction of sp³-hybridized carbons (Fsp3) is 0.862. The highest BCUT2D eigenvalue weighted by molar-refractivity contribution is 6.20. The second kappa shape index (κ2) is 14.4. The minimum atomic E-state index is -0.773. The maximum absolute atomic E-state index is 14.1. The average Bonchev–Trinajstić information content (AvgIpc) is 2.91. The number of halogens is 1. The van der Waals surface area contributed by atoms with E-state index in [2.05, 4.69) is 29.0 Å². The lowest BCUT2D eigenvalue weighted by Gasteiger charge is -2.45. The van der Waals surface area contributed by atoms with Gasteiger partial charge in [0.1, 0.15) is 17.9 Å². The van der Waals surface area contributed by atoms with Crippen LogP contribution < -0.4 is 27.4 Å². The number of alkyl halides is 1. The maximum Gasteiger partial charge on any atom is 0.228 e. The van der Waals surface area contributed by atoms with Gasteiger partial charge in [-0.15, -0.1) is 11.6 Å². The lowest BCUT2D eigenvalue weighted by atomic mass is 9.65. The monoisotopic (exact) mass is 550 g/mol. The predicted octanol–water partition coefficient (Wildman–Crippen LogP) is 3.33. The fourth-order valence-electron chi connectivity index (χ4n) is 6.98. The molecule has 0 aromatic rings. The highest BCUT2D eigenvalue weighted by Gasteiger charge is 2.43. The van der Waals surface area contributed by atoms with E-state index in [1.54, 1.807) is 0 Å². The molecule has 1 saturated carbocycles. The lowest BCUT2D eigenvalue weighted by molar-refractivity contribution is -0.128. The van der Waals surface area contributed by atoms with E-state index < -0.39 is 12.1 Å². The molecule has 2 fully saturated rings. The first kappa shape index (κ1) is 29.8. The Balaban J connectivity index is 1.54. The summed E-state index contributed by atoms with van der Waals surface area (Å²) in [6.45, 7) is 5.26. The van der Waals surface area contributed by atoms with Crippen LogP contribution in [-0.4, -0.2) is 67.5 Å². The summed E-state index contributed by atoms with van der Waals surface area (Å²) in [5, 5.41) is 10.4. The number of nitrogens with one attached hydrogen (secondary N) is 3. The molecule has 5 unspecified atom stereocenters. The van der Waals surface area contributed by atoms with Crippen molar-refractivity contribution in [2.24, 2.45) is 27.8 Å². The molecule has 8 nitrogen and oxygen atoms in total. The Morgan fingerprint density at radius 2 is 2.08 bits per heavy atom. The summed E-state index contributed by atoms with van der Waals surface area (Å²) in [6.07, 6.45) is 15.1. The molecule has 9 heteroatoms. The number of ether oxygens (including phenoxy) is 1. The zero-order valence-electron chi connectivity index (χ0n) is 23.4. The van der Waals surface area contributed by atoms with Gasteiger partial charge in [0.15, 0.2) is 0 Å². The SMILES string of the molecule is CCCCC1=NCCC(OC2=CCCNC2)C1NC(=O)C(C(N)N)C1CC2(CCCCC2)CCC(Cl)CN1. The molecular weight excluding hydrogens is 500 g/mol. The second-order valence-electron chi connectivity index (χ2n) is 12.1. The first-order valence-corrected chi connectivity index (χ1v) is 15.6. The van der Waals surface area contributed by atoms with Crippen LogP contribution in [0.15, 0.2) is 16.8 Å². The van der Waals surface area contributed by atoms with Gasteiger partial charge in [-0.1, -0.05) is 32.6 Å². The molecule has 0 radical (unpaired) electrons. The first-order valence-electron chi connectivity index (χ1n) is 15.2. The Bertz CT molecular complexity index is 828. The van der Waals surface area contributed by atoms with Gasteiger partial charge in [0.25, 0.3) is 0 Å². The zero-order valence-corrected chi connectivity index (χ0v) is 24.1. The molecule has 4 aliphatic rings. The van der Waals surface area contributed by atoms with Crippen molar-refractivity contribution in [1.29, 1.82) is 0 Å². The largest absolute Gasteiger partial charge is 0.491 e. The van der Waals surface area contributed by atoms with Gasteiger partial charge in [0.05, 0.1) is 18.6 Å². The van der Waals surface area contributed by atoms with Crippen molar-refractivity contribution < 1.29 is 9.53 Å². The van der Waals surface area contributed by atoms with Gasteiger partial charge < -0.3 is 32.2 Å². The Kier molecular flexibility index (Phi) is 11.3. The van der Waals surface area contributed by atoms with Crippen LogP contribution in [0.5, 0.6) is 0 Å². The van der Waals surface area contributed by atoms with Crippen LogP contribution in [0.4, 0.5) is 0 Å². The molecular formula is C29H51ClN6O2. The van der Waals surface area contributed by atoms with Crippen molar-refractivity contribution in [3.63, 3.8) is 0 Å². The van der Waals surface area contributed by atoms with E-state index in [-0.39, 0.29) is 34.9 Å². The molecule has 0 aromatic carbocycles. The smallest absolute Gasteiger partial charge is 0.228 e. The van der Waals surface area contributed by atoms with Crippen molar-refractivity contribution in [2.75, 3.05) is 26.2 Å². The molecule has 38 heavy (non-hydrogen) atoms. The highest BCUT2D eigenvalue weighted by Crippen LogP contribution is 2.46. The van der Waals surface area contributed by atoms with Crippen LogP contribution >= 0.6 is 11.6 Å². The number of nitrogens with two attached hydrogens (primary N) is 2. The number of nitrogens with zero attached hydrogens (tertiary/aromatic N) is 1. The standard InChI is InChI=1S/C29H51ClN6O2/c1-2-3-9-22-26(24(11-16-34-22)38-21-8-7-15-33-19-21)36-28(37)25(27(31)32)23-17-29(12-5-4-6-13-29)14-10-20(30)18-35-23/h8,20,23-27,33,35H,2-7,9-19,31-32H2,1H3,(H,36,37). The molecule has 0 aromatic heterocycles. The van der Waals surface area contributed by atoms with E-state index in [9.17, 15) is 4.79 Å². The van der Waals surface area contributed by atoms with Crippen molar-refractivity contribution in [1.82, 2.24) is 16.0 Å². The summed E-state index contributed by atoms with van der Waals surface area (Å²) < 4.78 is 6.49. The third-order valence-electron chi connectivity index (χ3n) is 9.15. The summed E-state index contributed by atoms with van der Waals surface area (Å²) in [5.74, 6) is 0.301. The van der Waals surface area contributed by atoms with Gasteiger partial charge in [-0.25, -0.2) is 0 Å². The summed E-state index contributed by atoms with van der Waals surface area (Å²) in [5.41, 5.74) is 14.0. The van der Waals surface area contributed by atoms with E-state index in [0.717, 1.165) is 82.5 Å². The molecule has 1 spiro atoms. The van der Waals surface area contributed by atoms with Crippen molar-refractivity contribution in [3.05, 3.63) is 11.8 Å². The van der Waals surface area contributed by atoms with Crippen LogP contribution in [-0.2, 0) is 9.53 Å². The third kappa shape index (κ3) is 7.94. The third-order valence-corrected chi connectivity index (χ3v) is 9.52. The summed E-state index contributed by atoms with van der Waals surface area (Å²) in [4.78, 5) is 18.9. The highest BCUT2D eigenvalue weighted by atomic mass is 35.5. The molecule has 216 valence electrons. The number of amides is 1. The molecule has 3 heterocycles. The molecule has 1 amide bonds. The van der Waals surface area contributed by atoms with Crippen LogP contribution in [0.3, 0.4) is 0 Å². The number of hydrogen-bond acceptors (Lipinski definition) is 7. The van der Waals surface area contributed by atoms with E-state index in [4.69, 9.17) is 32.8 Å². The predicted molar refractivity (Wildman–Crippen MR) is 155 cm³/mol. The van der Waals surface area contributed by atoms with Gasteiger partial charge in [-0.3, -0.25) is 9.79 Å². The first-order chi connectivity index (χ1) is 18.4. The fourth-order valence-corrected chi connectivity index (χ4v) is 7.18. The van der Waals surface area contributed by atoms with Crippen molar-refractivity contribution in [2.45, 2.75) is 120 Å². The normalized spacial score (nSPS) is 31.1. The molecule has 4 rings (SSSR count). The Labute approximate surface area is 234 Å². The minimum Gasteiger partial charge on any atom is -0.491 e. The van der Waals surface area contributed by atoms with Gasteiger partial charge in [0, 0.05) is 36.6 Å². The Hall–Kier alpha value is -1.19. The molecule has 3 aliphatic heterocycles. The molecule has 7 N–H and O–H groups in total. The van der Waals surface area contributed by atoms with Crippen LogP contribution in [0, 0.1) is 11.3 Å². The minimum absolute atomic E-state index is 0.0515. The summed E-state index contributed by atoms with van der Waals surface area (Å²) in [7, 11) is 0. The number of rotatable bonds is 9. The number of unbranched alkanes of at least 4 members (excludes halogenated alkanes) is 1. The van der Waals surface area contributed by atoms with E-state index >= 15 is 0 Å². The van der Waals surface area contributed by atoms with Gasteiger partial charge in [-0.05, 0) is 69.4 Å². The van der Waals surface area contributed by atoms with Gasteiger partial charge >= 0.3 is 0 Å². The molecule has 1 aliphatic carbocycles.